The third-order valence-corrected chi connectivity index (χ3v) is 3.13. The molecule has 5 nitrogen and oxygen atoms in total. The van der Waals surface area contributed by atoms with E-state index in [1.54, 1.807) is 0 Å². The number of hydrogen-bond donors (Lipinski definition) is 2. The number of halogens is 1. The summed E-state index contributed by atoms with van der Waals surface area (Å²) < 4.78 is 13.1. The molecular formula is C13H15FN2O3. The van der Waals surface area contributed by atoms with Gasteiger partial charge < -0.3 is 15.3 Å². The van der Waals surface area contributed by atoms with Crippen molar-refractivity contribution in [2.45, 2.75) is 19.4 Å². The fraction of sp³-hybridized carbons (Fsp3) is 0.385. The van der Waals surface area contributed by atoms with E-state index >= 15 is 0 Å². The van der Waals surface area contributed by atoms with Gasteiger partial charge in [0.05, 0.1) is 11.3 Å². The topological polar surface area (TPSA) is 69.6 Å². The van der Waals surface area contributed by atoms with Crippen molar-refractivity contribution in [2.24, 2.45) is 0 Å². The van der Waals surface area contributed by atoms with Crippen LogP contribution in [-0.2, 0) is 4.79 Å². The molecule has 0 saturated carbocycles. The first-order chi connectivity index (χ1) is 8.97. The lowest BCUT2D eigenvalue weighted by molar-refractivity contribution is -0.119. The maximum atomic E-state index is 13.1. The van der Waals surface area contributed by atoms with Crippen LogP contribution < -0.4 is 10.2 Å². The molecule has 0 aliphatic carbocycles. The van der Waals surface area contributed by atoms with E-state index in [0.717, 1.165) is 12.5 Å². The van der Waals surface area contributed by atoms with Gasteiger partial charge in [-0.05, 0) is 24.6 Å². The Hall–Kier alpha value is -2.11. The van der Waals surface area contributed by atoms with E-state index in [0.29, 0.717) is 18.8 Å². The number of amides is 1. The fourth-order valence-corrected chi connectivity index (χ4v) is 2.34. The zero-order valence-corrected chi connectivity index (χ0v) is 10.5. The highest BCUT2D eigenvalue weighted by Crippen LogP contribution is 2.25. The third kappa shape index (κ3) is 3.01. The molecule has 6 heteroatoms. The maximum absolute atomic E-state index is 13.1. The van der Waals surface area contributed by atoms with Crippen molar-refractivity contribution < 1.29 is 19.1 Å². The van der Waals surface area contributed by atoms with E-state index < -0.39 is 11.8 Å². The highest BCUT2D eigenvalue weighted by atomic mass is 19.1. The molecular weight excluding hydrogens is 251 g/mol. The van der Waals surface area contributed by atoms with Crippen molar-refractivity contribution in [3.63, 3.8) is 0 Å². The summed E-state index contributed by atoms with van der Waals surface area (Å²) >= 11 is 0. The molecule has 19 heavy (non-hydrogen) atoms. The monoisotopic (exact) mass is 266 g/mol. The van der Waals surface area contributed by atoms with Crippen molar-refractivity contribution >= 4 is 17.6 Å². The van der Waals surface area contributed by atoms with Crippen molar-refractivity contribution in [3.8, 4) is 0 Å². The van der Waals surface area contributed by atoms with Crippen LogP contribution in [0.25, 0.3) is 0 Å². The summed E-state index contributed by atoms with van der Waals surface area (Å²) in [5.74, 6) is -1.83. The molecule has 1 aromatic rings. The van der Waals surface area contributed by atoms with E-state index in [4.69, 9.17) is 5.11 Å². The van der Waals surface area contributed by atoms with E-state index in [9.17, 15) is 14.0 Å². The molecule has 1 saturated heterocycles. The lowest BCUT2D eigenvalue weighted by atomic mass is 10.1. The van der Waals surface area contributed by atoms with Gasteiger partial charge in [0.25, 0.3) is 0 Å². The van der Waals surface area contributed by atoms with Crippen LogP contribution in [-0.4, -0.2) is 36.1 Å². The van der Waals surface area contributed by atoms with Gasteiger partial charge in [0.1, 0.15) is 5.82 Å². The lowest BCUT2D eigenvalue weighted by Gasteiger charge is -2.20. The zero-order valence-electron chi connectivity index (χ0n) is 10.5. The number of nitrogens with one attached hydrogen (secondary N) is 1. The van der Waals surface area contributed by atoms with Crippen molar-refractivity contribution in [1.29, 1.82) is 0 Å². The minimum atomic E-state index is -1.16. The largest absolute Gasteiger partial charge is 0.478 e. The predicted molar refractivity (Wildman–Crippen MR) is 67.8 cm³/mol. The first-order valence-corrected chi connectivity index (χ1v) is 6.02. The van der Waals surface area contributed by atoms with E-state index in [2.05, 4.69) is 5.32 Å². The smallest absolute Gasteiger partial charge is 0.337 e. The Bertz CT molecular complexity index is 519. The third-order valence-electron chi connectivity index (χ3n) is 3.13. The van der Waals surface area contributed by atoms with Crippen LogP contribution in [0.15, 0.2) is 18.2 Å². The maximum Gasteiger partial charge on any atom is 0.337 e. The summed E-state index contributed by atoms with van der Waals surface area (Å²) in [4.78, 5) is 24.0. The zero-order chi connectivity index (χ0) is 14.0. The molecule has 1 fully saturated rings. The number of anilines is 1. The van der Waals surface area contributed by atoms with Crippen molar-refractivity contribution in [3.05, 3.63) is 29.6 Å². The molecule has 1 amide bonds. The van der Waals surface area contributed by atoms with Gasteiger partial charge in [-0.2, -0.15) is 0 Å². The van der Waals surface area contributed by atoms with Crippen LogP contribution in [0, 0.1) is 5.82 Å². The van der Waals surface area contributed by atoms with E-state index in [1.165, 1.54) is 19.1 Å². The molecule has 1 unspecified atom stereocenters. The number of carbonyl (C=O) groups excluding carboxylic acids is 1. The molecule has 1 heterocycles. The van der Waals surface area contributed by atoms with Crippen LogP contribution in [0.3, 0.4) is 0 Å². The number of aromatic carboxylic acids is 1. The first-order valence-electron chi connectivity index (χ1n) is 6.02. The number of benzene rings is 1. The van der Waals surface area contributed by atoms with Gasteiger partial charge >= 0.3 is 5.97 Å². The number of carboxylic acids is 1. The number of rotatable bonds is 3. The second kappa shape index (κ2) is 5.26. The number of hydrogen-bond acceptors (Lipinski definition) is 3. The van der Waals surface area contributed by atoms with Gasteiger partial charge in [-0.3, -0.25) is 4.79 Å². The summed E-state index contributed by atoms with van der Waals surface area (Å²) in [5.41, 5.74) is 0.435. The summed E-state index contributed by atoms with van der Waals surface area (Å²) in [7, 11) is 0. The minimum Gasteiger partial charge on any atom is -0.478 e. The molecule has 0 aromatic heterocycles. The van der Waals surface area contributed by atoms with Gasteiger partial charge in [-0.1, -0.05) is 0 Å². The molecule has 1 atom stereocenters. The van der Waals surface area contributed by atoms with E-state index in [-0.39, 0.29) is 17.5 Å². The average Bonchev–Trinajstić information content (AvgIpc) is 2.76. The van der Waals surface area contributed by atoms with Crippen molar-refractivity contribution in [2.75, 3.05) is 18.0 Å². The molecule has 0 spiro atoms. The summed E-state index contributed by atoms with van der Waals surface area (Å²) in [6.07, 6.45) is 0.746. The quantitative estimate of drug-likeness (QED) is 0.863. The van der Waals surface area contributed by atoms with Crippen LogP contribution in [0.1, 0.15) is 23.7 Å². The highest BCUT2D eigenvalue weighted by molar-refractivity contribution is 5.94. The molecule has 0 radical (unpaired) electrons. The molecule has 1 aromatic carbocycles. The van der Waals surface area contributed by atoms with Crippen LogP contribution in [0.2, 0.25) is 0 Å². The molecule has 2 rings (SSSR count). The predicted octanol–water partition coefficient (Wildman–Crippen LogP) is 1.24. The Morgan fingerprint density at radius 2 is 2.21 bits per heavy atom. The summed E-state index contributed by atoms with van der Waals surface area (Å²) in [6, 6.07) is 3.73. The molecule has 1 aliphatic rings. The van der Waals surface area contributed by atoms with Gasteiger partial charge in [0.2, 0.25) is 5.91 Å². The molecule has 1 aliphatic heterocycles. The summed E-state index contributed by atoms with van der Waals surface area (Å²) in [6.45, 7) is 2.62. The minimum absolute atomic E-state index is 0.00389. The second-order valence-corrected chi connectivity index (χ2v) is 4.60. The van der Waals surface area contributed by atoms with Crippen LogP contribution >= 0.6 is 0 Å². The molecule has 2 N–H and O–H groups in total. The van der Waals surface area contributed by atoms with Crippen LogP contribution in [0.4, 0.5) is 10.1 Å². The Morgan fingerprint density at radius 1 is 1.47 bits per heavy atom. The van der Waals surface area contributed by atoms with Gasteiger partial charge in [0, 0.05) is 26.1 Å². The van der Waals surface area contributed by atoms with Gasteiger partial charge in [0.15, 0.2) is 0 Å². The molecule has 102 valence electrons. The standard InChI is InChI=1S/C13H15FN2O3/c1-8(17)15-10-4-5-16(7-10)12-3-2-9(14)6-11(12)13(18)19/h2-3,6,10H,4-5,7H2,1H3,(H,15,17)(H,18,19). The van der Waals surface area contributed by atoms with Crippen LogP contribution in [0.5, 0.6) is 0 Å². The number of carbonyl (C=O) groups is 2. The Balaban J connectivity index is 2.19. The van der Waals surface area contributed by atoms with E-state index in [1.807, 2.05) is 4.90 Å². The average molecular weight is 266 g/mol. The summed E-state index contributed by atoms with van der Waals surface area (Å²) in [5, 5.41) is 11.9. The lowest BCUT2D eigenvalue weighted by Crippen LogP contribution is -2.35. The molecule has 0 bridgehead atoms. The Morgan fingerprint density at radius 3 is 2.84 bits per heavy atom. The number of nitrogens with zero attached hydrogens (tertiary/aromatic N) is 1. The van der Waals surface area contributed by atoms with Gasteiger partial charge in [-0.25, -0.2) is 9.18 Å². The normalized spacial score (nSPS) is 18.4. The Labute approximate surface area is 110 Å². The van der Waals surface area contributed by atoms with Crippen molar-refractivity contribution in [1.82, 2.24) is 5.32 Å². The highest BCUT2D eigenvalue weighted by Gasteiger charge is 2.26. The fourth-order valence-electron chi connectivity index (χ4n) is 2.34. The second-order valence-electron chi connectivity index (χ2n) is 4.60. The number of carboxylic acid groups (broad SMARTS) is 1. The first kappa shape index (κ1) is 13.3. The Kier molecular flexibility index (Phi) is 3.69. The van der Waals surface area contributed by atoms with Gasteiger partial charge in [-0.15, -0.1) is 0 Å². The SMILES string of the molecule is CC(=O)NC1CCN(c2ccc(F)cc2C(=O)O)C1.